The number of aldehydes is 1. The standard InChI is InChI=1S/C24H18N2O4/c27-14-17-7-5-16(6-8-17)12-26-13-20(19-3-1-2-4-21(19)26)24(28)25-18-9-10-22-23(11-18)30-15-29-22/h1-11,13-14H,12,15H2,(H,25,28). The molecule has 30 heavy (non-hydrogen) atoms. The third-order valence-corrected chi connectivity index (χ3v) is 5.13. The van der Waals surface area contributed by atoms with Crippen LogP contribution in [0.1, 0.15) is 26.3 Å². The van der Waals surface area contributed by atoms with Gasteiger partial charge in [0.25, 0.3) is 5.91 Å². The molecule has 0 spiro atoms. The SMILES string of the molecule is O=Cc1ccc(Cn2cc(C(=O)Nc3ccc4c(c3)OCO4)c3ccccc32)cc1. The van der Waals surface area contributed by atoms with Crippen LogP contribution in [0, 0.1) is 0 Å². The molecule has 6 heteroatoms. The Morgan fingerprint density at radius 2 is 1.80 bits per heavy atom. The molecule has 6 nitrogen and oxygen atoms in total. The van der Waals surface area contributed by atoms with Crippen molar-refractivity contribution in [2.45, 2.75) is 6.54 Å². The van der Waals surface area contributed by atoms with Gasteiger partial charge in [-0.15, -0.1) is 0 Å². The summed E-state index contributed by atoms with van der Waals surface area (Å²) in [6.45, 7) is 0.783. The van der Waals surface area contributed by atoms with E-state index in [4.69, 9.17) is 9.47 Å². The Morgan fingerprint density at radius 1 is 1.00 bits per heavy atom. The van der Waals surface area contributed by atoms with Gasteiger partial charge in [-0.2, -0.15) is 0 Å². The second kappa shape index (κ2) is 7.40. The predicted octanol–water partition coefficient (Wildman–Crippen LogP) is 4.48. The number of hydrogen-bond donors (Lipinski definition) is 1. The Morgan fingerprint density at radius 3 is 2.63 bits per heavy atom. The summed E-state index contributed by atoms with van der Waals surface area (Å²) >= 11 is 0. The van der Waals surface area contributed by atoms with Crippen LogP contribution in [0.25, 0.3) is 10.9 Å². The van der Waals surface area contributed by atoms with Gasteiger partial charge in [0.1, 0.15) is 6.29 Å². The van der Waals surface area contributed by atoms with E-state index in [1.807, 2.05) is 47.2 Å². The number of benzene rings is 3. The number of nitrogens with one attached hydrogen (secondary N) is 1. The fourth-order valence-corrected chi connectivity index (χ4v) is 3.63. The first-order valence-corrected chi connectivity index (χ1v) is 9.54. The highest BCUT2D eigenvalue weighted by molar-refractivity contribution is 6.13. The van der Waals surface area contributed by atoms with Crippen molar-refractivity contribution in [2.75, 3.05) is 12.1 Å². The molecule has 4 aromatic rings. The van der Waals surface area contributed by atoms with Crippen LogP contribution in [-0.4, -0.2) is 23.6 Å². The Kier molecular flexibility index (Phi) is 4.44. The van der Waals surface area contributed by atoms with Gasteiger partial charge in [0.2, 0.25) is 6.79 Å². The lowest BCUT2D eigenvalue weighted by atomic mass is 10.1. The van der Waals surface area contributed by atoms with E-state index in [2.05, 4.69) is 5.32 Å². The fraction of sp³-hybridized carbons (Fsp3) is 0.0833. The lowest BCUT2D eigenvalue weighted by Gasteiger charge is -2.06. The zero-order valence-electron chi connectivity index (χ0n) is 16.0. The minimum atomic E-state index is -0.194. The second-order valence-corrected chi connectivity index (χ2v) is 7.07. The van der Waals surface area contributed by atoms with E-state index in [9.17, 15) is 9.59 Å². The van der Waals surface area contributed by atoms with Crippen molar-refractivity contribution in [1.29, 1.82) is 0 Å². The highest BCUT2D eigenvalue weighted by Crippen LogP contribution is 2.34. The number of anilines is 1. The topological polar surface area (TPSA) is 69.6 Å². The van der Waals surface area contributed by atoms with Gasteiger partial charge in [-0.25, -0.2) is 0 Å². The molecule has 1 aliphatic rings. The minimum Gasteiger partial charge on any atom is -0.454 e. The van der Waals surface area contributed by atoms with Gasteiger partial charge in [0.15, 0.2) is 11.5 Å². The molecule has 0 bridgehead atoms. The van der Waals surface area contributed by atoms with Crippen molar-refractivity contribution >= 4 is 28.8 Å². The summed E-state index contributed by atoms with van der Waals surface area (Å²) in [7, 11) is 0. The van der Waals surface area contributed by atoms with Crippen molar-refractivity contribution in [3.05, 3.63) is 89.6 Å². The maximum absolute atomic E-state index is 13.0. The number of ether oxygens (including phenoxy) is 2. The summed E-state index contributed by atoms with van der Waals surface area (Å²) in [5, 5.41) is 3.82. The van der Waals surface area contributed by atoms with Gasteiger partial charge in [0.05, 0.1) is 5.56 Å². The summed E-state index contributed by atoms with van der Waals surface area (Å²) in [5.74, 6) is 1.10. The van der Waals surface area contributed by atoms with Crippen LogP contribution < -0.4 is 14.8 Å². The van der Waals surface area contributed by atoms with Crippen LogP contribution in [0.2, 0.25) is 0 Å². The summed E-state index contributed by atoms with van der Waals surface area (Å²) in [6.07, 6.45) is 2.69. The van der Waals surface area contributed by atoms with Gasteiger partial charge < -0.3 is 19.4 Å². The molecule has 0 saturated carbocycles. The van der Waals surface area contributed by atoms with Gasteiger partial charge in [0, 0.05) is 41.0 Å². The number of aromatic nitrogens is 1. The Balaban J connectivity index is 1.45. The first kappa shape index (κ1) is 18.0. The van der Waals surface area contributed by atoms with E-state index < -0.39 is 0 Å². The monoisotopic (exact) mass is 398 g/mol. The number of fused-ring (bicyclic) bond motifs is 2. The van der Waals surface area contributed by atoms with Crippen molar-refractivity contribution in [2.24, 2.45) is 0 Å². The minimum absolute atomic E-state index is 0.189. The summed E-state index contributed by atoms with van der Waals surface area (Å²) in [4.78, 5) is 23.9. The molecule has 1 amide bonds. The average molecular weight is 398 g/mol. The quantitative estimate of drug-likeness (QED) is 0.503. The number of carbonyl (C=O) groups is 2. The number of hydrogen-bond acceptors (Lipinski definition) is 4. The second-order valence-electron chi connectivity index (χ2n) is 7.07. The highest BCUT2D eigenvalue weighted by Gasteiger charge is 2.18. The normalized spacial score (nSPS) is 12.1. The molecule has 0 saturated heterocycles. The average Bonchev–Trinajstić information content (AvgIpc) is 3.39. The van der Waals surface area contributed by atoms with E-state index in [1.165, 1.54) is 0 Å². The van der Waals surface area contributed by atoms with Crippen molar-refractivity contribution in [1.82, 2.24) is 4.57 Å². The molecule has 0 fully saturated rings. The Hall–Kier alpha value is -4.06. The molecular weight excluding hydrogens is 380 g/mol. The largest absolute Gasteiger partial charge is 0.454 e. The van der Waals surface area contributed by atoms with Crippen LogP contribution in [0.15, 0.2) is 72.9 Å². The van der Waals surface area contributed by atoms with Gasteiger partial charge >= 0.3 is 0 Å². The molecule has 0 atom stereocenters. The number of rotatable bonds is 5. The fourth-order valence-electron chi connectivity index (χ4n) is 3.63. The van der Waals surface area contributed by atoms with Gasteiger partial charge in [-0.3, -0.25) is 9.59 Å². The van der Waals surface area contributed by atoms with Crippen molar-refractivity contribution in [3.8, 4) is 11.5 Å². The number of amides is 1. The number of nitrogens with zero attached hydrogens (tertiary/aromatic N) is 1. The van der Waals surface area contributed by atoms with Crippen LogP contribution in [-0.2, 0) is 6.54 Å². The van der Waals surface area contributed by atoms with E-state index in [0.29, 0.717) is 34.9 Å². The molecular formula is C24H18N2O4. The van der Waals surface area contributed by atoms with Crippen LogP contribution in [0.3, 0.4) is 0 Å². The lowest BCUT2D eigenvalue weighted by Crippen LogP contribution is -2.11. The predicted molar refractivity (Wildman–Crippen MR) is 113 cm³/mol. The molecule has 5 rings (SSSR count). The first-order valence-electron chi connectivity index (χ1n) is 9.54. The third-order valence-electron chi connectivity index (χ3n) is 5.13. The van der Waals surface area contributed by atoms with E-state index in [0.717, 1.165) is 22.8 Å². The molecule has 0 unspecified atom stereocenters. The molecule has 3 aromatic carbocycles. The van der Waals surface area contributed by atoms with Crippen LogP contribution in [0.5, 0.6) is 11.5 Å². The third kappa shape index (κ3) is 3.28. The maximum atomic E-state index is 13.0. The molecule has 0 aliphatic carbocycles. The lowest BCUT2D eigenvalue weighted by molar-refractivity contribution is 0.102. The van der Waals surface area contributed by atoms with Gasteiger partial charge in [-0.1, -0.05) is 42.5 Å². The van der Waals surface area contributed by atoms with Crippen LogP contribution >= 0.6 is 0 Å². The maximum Gasteiger partial charge on any atom is 0.257 e. The van der Waals surface area contributed by atoms with E-state index >= 15 is 0 Å². The summed E-state index contributed by atoms with van der Waals surface area (Å²) < 4.78 is 12.7. The zero-order chi connectivity index (χ0) is 20.5. The molecule has 148 valence electrons. The first-order chi connectivity index (χ1) is 14.7. The Labute approximate surface area is 172 Å². The summed E-state index contributed by atoms with van der Waals surface area (Å²) in [5.41, 5.74) is 3.88. The molecule has 2 heterocycles. The number of para-hydroxylation sites is 1. The molecule has 1 aromatic heterocycles. The highest BCUT2D eigenvalue weighted by atomic mass is 16.7. The zero-order valence-corrected chi connectivity index (χ0v) is 16.0. The van der Waals surface area contributed by atoms with Crippen LogP contribution in [0.4, 0.5) is 5.69 Å². The number of carbonyl (C=O) groups excluding carboxylic acids is 2. The van der Waals surface area contributed by atoms with E-state index in [1.54, 1.807) is 30.3 Å². The Bertz CT molecular complexity index is 1260. The molecule has 1 aliphatic heterocycles. The van der Waals surface area contributed by atoms with Gasteiger partial charge in [-0.05, 0) is 23.8 Å². The molecule has 0 radical (unpaired) electrons. The van der Waals surface area contributed by atoms with Crippen molar-refractivity contribution < 1.29 is 19.1 Å². The van der Waals surface area contributed by atoms with E-state index in [-0.39, 0.29) is 12.7 Å². The summed E-state index contributed by atoms with van der Waals surface area (Å²) in [6, 6.07) is 20.6. The molecule has 1 N–H and O–H groups in total. The smallest absolute Gasteiger partial charge is 0.257 e. The van der Waals surface area contributed by atoms with Crippen molar-refractivity contribution in [3.63, 3.8) is 0 Å².